The molecule has 0 spiro atoms. The largest absolute Gasteiger partial charge is 0.494 e. The van der Waals surface area contributed by atoms with Crippen molar-refractivity contribution in [2.75, 3.05) is 20.3 Å². The van der Waals surface area contributed by atoms with E-state index in [-0.39, 0.29) is 23.5 Å². The maximum atomic E-state index is 13.5. The molecule has 2 N–H and O–H groups in total. The van der Waals surface area contributed by atoms with E-state index in [9.17, 15) is 4.39 Å². The van der Waals surface area contributed by atoms with Crippen LogP contribution in [0.3, 0.4) is 0 Å². The van der Waals surface area contributed by atoms with Gasteiger partial charge in [0.25, 0.3) is 0 Å². The highest BCUT2D eigenvalue weighted by atomic mass is 19.1. The number of rotatable bonds is 3. The van der Waals surface area contributed by atoms with Crippen molar-refractivity contribution in [2.24, 2.45) is 11.7 Å². The fraction of sp³-hybridized carbons (Fsp3) is 0.500. The zero-order valence-electron chi connectivity index (χ0n) is 9.28. The van der Waals surface area contributed by atoms with Crippen LogP contribution < -0.4 is 10.5 Å². The lowest BCUT2D eigenvalue weighted by atomic mass is 9.93. The van der Waals surface area contributed by atoms with Gasteiger partial charge >= 0.3 is 0 Å². The number of hydrogen-bond acceptors (Lipinski definition) is 3. The number of nitrogens with two attached hydrogens (primary N) is 1. The molecule has 2 rings (SSSR count). The van der Waals surface area contributed by atoms with Crippen molar-refractivity contribution in [2.45, 2.75) is 12.5 Å². The number of halogens is 1. The molecule has 0 aromatic heterocycles. The second kappa shape index (κ2) is 4.80. The zero-order chi connectivity index (χ0) is 11.5. The van der Waals surface area contributed by atoms with Crippen LogP contribution in [0, 0.1) is 11.7 Å². The predicted molar refractivity (Wildman–Crippen MR) is 58.8 cm³/mol. The first kappa shape index (κ1) is 11.4. The van der Waals surface area contributed by atoms with Crippen LogP contribution in [0.15, 0.2) is 18.2 Å². The lowest BCUT2D eigenvalue weighted by molar-refractivity contribution is 0.181. The number of benzene rings is 1. The molecule has 1 heterocycles. The van der Waals surface area contributed by atoms with Crippen LogP contribution in [-0.2, 0) is 4.74 Å². The average Bonchev–Trinajstić information content (AvgIpc) is 2.81. The van der Waals surface area contributed by atoms with Gasteiger partial charge in [0.2, 0.25) is 0 Å². The second-order valence-electron chi connectivity index (χ2n) is 4.04. The number of methoxy groups -OCH3 is 1. The molecule has 0 bridgehead atoms. The first-order chi connectivity index (χ1) is 7.72. The molecule has 1 aliphatic rings. The molecular weight excluding hydrogens is 209 g/mol. The van der Waals surface area contributed by atoms with Crippen LogP contribution >= 0.6 is 0 Å². The maximum Gasteiger partial charge on any atom is 0.165 e. The fourth-order valence-corrected chi connectivity index (χ4v) is 2.00. The van der Waals surface area contributed by atoms with Crippen molar-refractivity contribution in [1.82, 2.24) is 0 Å². The van der Waals surface area contributed by atoms with Gasteiger partial charge in [-0.1, -0.05) is 6.07 Å². The highest BCUT2D eigenvalue weighted by molar-refractivity contribution is 5.31. The summed E-state index contributed by atoms with van der Waals surface area (Å²) in [6.07, 6.45) is 0.939. The SMILES string of the molecule is COc1ccc(C(N)C2CCOC2)cc1F. The highest BCUT2D eigenvalue weighted by Crippen LogP contribution is 2.29. The molecule has 0 amide bonds. The molecule has 1 fully saturated rings. The Balaban J connectivity index is 2.16. The normalized spacial score (nSPS) is 22.1. The Bertz CT molecular complexity index is 364. The minimum absolute atomic E-state index is 0.164. The van der Waals surface area contributed by atoms with E-state index < -0.39 is 0 Å². The summed E-state index contributed by atoms with van der Waals surface area (Å²) in [6.45, 7) is 1.41. The van der Waals surface area contributed by atoms with Crippen molar-refractivity contribution in [3.8, 4) is 5.75 Å². The summed E-state index contributed by atoms with van der Waals surface area (Å²) in [5, 5.41) is 0. The van der Waals surface area contributed by atoms with Gasteiger partial charge in [-0.3, -0.25) is 0 Å². The van der Waals surface area contributed by atoms with Gasteiger partial charge < -0.3 is 15.2 Å². The predicted octanol–water partition coefficient (Wildman–Crippen LogP) is 1.87. The van der Waals surface area contributed by atoms with Gasteiger partial charge in [-0.15, -0.1) is 0 Å². The Kier molecular flexibility index (Phi) is 3.41. The quantitative estimate of drug-likeness (QED) is 0.854. The molecule has 1 aromatic rings. The van der Waals surface area contributed by atoms with E-state index in [1.807, 2.05) is 6.07 Å². The number of ether oxygens (including phenoxy) is 2. The van der Waals surface area contributed by atoms with E-state index in [1.165, 1.54) is 13.2 Å². The minimum atomic E-state index is -0.366. The molecule has 1 saturated heterocycles. The maximum absolute atomic E-state index is 13.5. The van der Waals surface area contributed by atoms with Gasteiger partial charge in [-0.25, -0.2) is 4.39 Å². The monoisotopic (exact) mass is 225 g/mol. The molecule has 2 atom stereocenters. The van der Waals surface area contributed by atoms with Crippen molar-refractivity contribution < 1.29 is 13.9 Å². The summed E-state index contributed by atoms with van der Waals surface area (Å²) in [4.78, 5) is 0. The lowest BCUT2D eigenvalue weighted by Gasteiger charge is -2.18. The summed E-state index contributed by atoms with van der Waals surface area (Å²) >= 11 is 0. The summed E-state index contributed by atoms with van der Waals surface area (Å²) < 4.78 is 23.6. The summed E-state index contributed by atoms with van der Waals surface area (Å²) in [7, 11) is 1.45. The van der Waals surface area contributed by atoms with E-state index >= 15 is 0 Å². The summed E-state index contributed by atoms with van der Waals surface area (Å²) in [6, 6.07) is 4.70. The van der Waals surface area contributed by atoms with Crippen LogP contribution in [0.1, 0.15) is 18.0 Å². The first-order valence-corrected chi connectivity index (χ1v) is 5.39. The van der Waals surface area contributed by atoms with Gasteiger partial charge in [0.15, 0.2) is 11.6 Å². The van der Waals surface area contributed by atoms with E-state index in [4.69, 9.17) is 15.2 Å². The third-order valence-electron chi connectivity index (χ3n) is 3.03. The van der Waals surface area contributed by atoms with E-state index in [0.717, 1.165) is 18.6 Å². The Hall–Kier alpha value is -1.13. The Morgan fingerprint density at radius 1 is 1.56 bits per heavy atom. The third-order valence-corrected chi connectivity index (χ3v) is 3.03. The van der Waals surface area contributed by atoms with Crippen molar-refractivity contribution >= 4 is 0 Å². The van der Waals surface area contributed by atoms with Gasteiger partial charge in [-0.05, 0) is 24.1 Å². The van der Waals surface area contributed by atoms with E-state index in [0.29, 0.717) is 6.61 Å². The van der Waals surface area contributed by atoms with E-state index in [2.05, 4.69) is 0 Å². The molecule has 2 unspecified atom stereocenters. The minimum Gasteiger partial charge on any atom is -0.494 e. The summed E-state index contributed by atoms with van der Waals surface area (Å²) in [5.74, 6) is 0.167. The molecule has 1 aromatic carbocycles. The Morgan fingerprint density at radius 2 is 2.38 bits per heavy atom. The fourth-order valence-electron chi connectivity index (χ4n) is 2.00. The molecule has 3 nitrogen and oxygen atoms in total. The molecule has 88 valence electrons. The molecule has 1 aliphatic heterocycles. The summed E-state index contributed by atoms with van der Waals surface area (Å²) in [5.41, 5.74) is 6.87. The standard InChI is InChI=1S/C12H16FNO2/c1-15-11-3-2-8(6-10(11)13)12(14)9-4-5-16-7-9/h2-3,6,9,12H,4-5,7,14H2,1H3. The lowest BCUT2D eigenvalue weighted by Crippen LogP contribution is -2.21. The van der Waals surface area contributed by atoms with Crippen LogP contribution in [0.25, 0.3) is 0 Å². The highest BCUT2D eigenvalue weighted by Gasteiger charge is 2.24. The van der Waals surface area contributed by atoms with Crippen LogP contribution in [-0.4, -0.2) is 20.3 Å². The Morgan fingerprint density at radius 3 is 2.94 bits per heavy atom. The average molecular weight is 225 g/mol. The topological polar surface area (TPSA) is 44.5 Å². The molecule has 0 aliphatic carbocycles. The Labute approximate surface area is 94.3 Å². The smallest absolute Gasteiger partial charge is 0.165 e. The van der Waals surface area contributed by atoms with Crippen LogP contribution in [0.5, 0.6) is 5.75 Å². The molecule has 0 saturated carbocycles. The van der Waals surface area contributed by atoms with Crippen molar-refractivity contribution in [3.05, 3.63) is 29.6 Å². The zero-order valence-corrected chi connectivity index (χ0v) is 9.28. The van der Waals surface area contributed by atoms with Crippen molar-refractivity contribution in [3.63, 3.8) is 0 Å². The molecule has 4 heteroatoms. The van der Waals surface area contributed by atoms with Gasteiger partial charge in [0.05, 0.1) is 13.7 Å². The molecule has 0 radical (unpaired) electrons. The van der Waals surface area contributed by atoms with E-state index in [1.54, 1.807) is 6.07 Å². The molecular formula is C12H16FNO2. The van der Waals surface area contributed by atoms with Crippen LogP contribution in [0.2, 0.25) is 0 Å². The first-order valence-electron chi connectivity index (χ1n) is 5.39. The van der Waals surface area contributed by atoms with Crippen LogP contribution in [0.4, 0.5) is 4.39 Å². The van der Waals surface area contributed by atoms with Gasteiger partial charge in [0.1, 0.15) is 0 Å². The van der Waals surface area contributed by atoms with Gasteiger partial charge in [0, 0.05) is 18.6 Å². The second-order valence-corrected chi connectivity index (χ2v) is 4.04. The molecule has 16 heavy (non-hydrogen) atoms. The van der Waals surface area contributed by atoms with Crippen molar-refractivity contribution in [1.29, 1.82) is 0 Å². The van der Waals surface area contributed by atoms with Gasteiger partial charge in [-0.2, -0.15) is 0 Å². The third kappa shape index (κ3) is 2.18. The number of hydrogen-bond donors (Lipinski definition) is 1.